The molecular weight excluding hydrogens is 378 g/mol. The molecule has 6 nitrogen and oxygen atoms in total. The topological polar surface area (TPSA) is 67.7 Å². The molecule has 0 spiro atoms. The lowest BCUT2D eigenvalue weighted by molar-refractivity contribution is -0.671. The van der Waals surface area contributed by atoms with Crippen LogP contribution < -0.4 is 14.9 Å². The van der Waals surface area contributed by atoms with Gasteiger partial charge in [0.25, 0.3) is 11.5 Å². The van der Waals surface area contributed by atoms with E-state index in [0.29, 0.717) is 28.7 Å². The summed E-state index contributed by atoms with van der Waals surface area (Å²) >= 11 is 5.87. The van der Waals surface area contributed by atoms with Crippen LogP contribution in [-0.4, -0.2) is 21.6 Å². The zero-order valence-corrected chi connectivity index (χ0v) is 15.8. The number of benzene rings is 1. The van der Waals surface area contributed by atoms with Crippen LogP contribution in [0.15, 0.2) is 71.8 Å². The summed E-state index contributed by atoms with van der Waals surface area (Å²) in [5.74, 6) is 0.474. The predicted octanol–water partition coefficient (Wildman–Crippen LogP) is 3.06. The number of aromatic hydroxyl groups is 1. The van der Waals surface area contributed by atoms with E-state index in [-0.39, 0.29) is 17.0 Å². The number of hydrogen-bond acceptors (Lipinski definition) is 4. The number of halogens is 1. The summed E-state index contributed by atoms with van der Waals surface area (Å²) in [6.07, 6.45) is 3.32. The summed E-state index contributed by atoms with van der Waals surface area (Å²) in [7, 11) is 1.56. The third kappa shape index (κ3) is 3.18. The van der Waals surface area contributed by atoms with E-state index in [1.807, 2.05) is 12.1 Å². The fourth-order valence-corrected chi connectivity index (χ4v) is 3.27. The highest BCUT2D eigenvalue weighted by molar-refractivity contribution is 6.29. The maximum absolute atomic E-state index is 13.1. The summed E-state index contributed by atoms with van der Waals surface area (Å²) in [5, 5.41) is 11.5. The van der Waals surface area contributed by atoms with Crippen LogP contribution >= 0.6 is 11.6 Å². The van der Waals surface area contributed by atoms with Crippen molar-refractivity contribution in [1.29, 1.82) is 0 Å². The van der Waals surface area contributed by atoms with E-state index >= 15 is 0 Å². The van der Waals surface area contributed by atoms with E-state index in [4.69, 9.17) is 16.3 Å². The van der Waals surface area contributed by atoms with Crippen molar-refractivity contribution in [3.8, 4) is 22.8 Å². The molecule has 0 saturated carbocycles. The van der Waals surface area contributed by atoms with Crippen LogP contribution in [0, 0.1) is 0 Å². The molecule has 0 aliphatic heterocycles. The Kier molecular flexibility index (Phi) is 4.71. The van der Waals surface area contributed by atoms with Gasteiger partial charge in [-0.2, -0.15) is 8.97 Å². The first-order chi connectivity index (χ1) is 13.6. The molecule has 0 radical (unpaired) electrons. The minimum absolute atomic E-state index is 0.126. The summed E-state index contributed by atoms with van der Waals surface area (Å²) < 4.78 is 8.44. The Bertz CT molecular complexity index is 1220. The molecule has 0 atom stereocenters. The standard InChI is InChI=1S/C21H16ClN3O3/c1-28-16-6-4-5-15(11-16)19-20(26)24-10-3-2-7-18(24)25(21(19)27)13-14-8-9-17(22)23-12-14/h2-12H,13H2,1H3/p+1. The van der Waals surface area contributed by atoms with Crippen LogP contribution in [0.25, 0.3) is 16.8 Å². The van der Waals surface area contributed by atoms with Crippen molar-refractivity contribution in [2.75, 3.05) is 7.11 Å². The summed E-state index contributed by atoms with van der Waals surface area (Å²) in [6.45, 7) is 0.320. The zero-order chi connectivity index (χ0) is 19.7. The van der Waals surface area contributed by atoms with Crippen molar-refractivity contribution in [2.45, 2.75) is 6.54 Å². The van der Waals surface area contributed by atoms with Crippen molar-refractivity contribution in [2.24, 2.45) is 0 Å². The molecule has 7 heteroatoms. The fraction of sp³-hybridized carbons (Fsp3) is 0.0952. The van der Waals surface area contributed by atoms with Crippen molar-refractivity contribution < 1.29 is 14.4 Å². The summed E-state index contributed by atoms with van der Waals surface area (Å²) in [5.41, 5.74) is 1.86. The highest BCUT2D eigenvalue weighted by Crippen LogP contribution is 2.26. The number of aromatic nitrogens is 3. The number of nitrogens with zero attached hydrogens (tertiary/aromatic N) is 3. The fourth-order valence-electron chi connectivity index (χ4n) is 3.15. The van der Waals surface area contributed by atoms with Gasteiger partial charge in [-0.1, -0.05) is 35.9 Å². The molecule has 0 amide bonds. The summed E-state index contributed by atoms with van der Waals surface area (Å²) in [6, 6.07) is 15.9. The lowest BCUT2D eigenvalue weighted by Gasteiger charge is -2.10. The third-order valence-electron chi connectivity index (χ3n) is 4.51. The van der Waals surface area contributed by atoms with E-state index in [1.54, 1.807) is 66.5 Å². The lowest BCUT2D eigenvalue weighted by Crippen LogP contribution is -2.41. The van der Waals surface area contributed by atoms with Gasteiger partial charge in [0.15, 0.2) is 5.56 Å². The van der Waals surface area contributed by atoms with Gasteiger partial charge < -0.3 is 9.84 Å². The van der Waals surface area contributed by atoms with Crippen LogP contribution in [0.5, 0.6) is 11.6 Å². The first-order valence-electron chi connectivity index (χ1n) is 8.59. The Morgan fingerprint density at radius 2 is 2.04 bits per heavy atom. The Hall–Kier alpha value is -3.38. The first-order valence-corrected chi connectivity index (χ1v) is 8.97. The minimum Gasteiger partial charge on any atom is -0.497 e. The molecule has 28 heavy (non-hydrogen) atoms. The Balaban J connectivity index is 1.98. The number of pyridine rings is 2. The molecule has 1 aromatic carbocycles. The molecular formula is C21H17ClN3O3+. The second-order valence-corrected chi connectivity index (χ2v) is 6.63. The molecule has 0 aliphatic carbocycles. The maximum atomic E-state index is 13.1. The van der Waals surface area contributed by atoms with Gasteiger partial charge in [0.1, 0.15) is 17.4 Å². The first kappa shape index (κ1) is 18.0. The van der Waals surface area contributed by atoms with E-state index in [0.717, 1.165) is 5.56 Å². The normalized spacial score (nSPS) is 10.9. The van der Waals surface area contributed by atoms with E-state index in [1.165, 1.54) is 4.40 Å². The molecule has 0 saturated heterocycles. The molecule has 140 valence electrons. The Morgan fingerprint density at radius 3 is 2.79 bits per heavy atom. The summed E-state index contributed by atoms with van der Waals surface area (Å²) in [4.78, 5) is 17.2. The van der Waals surface area contributed by atoms with Crippen LogP contribution in [0.2, 0.25) is 5.15 Å². The van der Waals surface area contributed by atoms with Crippen LogP contribution in [-0.2, 0) is 6.54 Å². The van der Waals surface area contributed by atoms with E-state index in [9.17, 15) is 9.90 Å². The van der Waals surface area contributed by atoms with Crippen molar-refractivity contribution in [3.63, 3.8) is 0 Å². The van der Waals surface area contributed by atoms with Crippen molar-refractivity contribution in [1.82, 2.24) is 9.38 Å². The van der Waals surface area contributed by atoms with E-state index in [2.05, 4.69) is 4.98 Å². The van der Waals surface area contributed by atoms with Crippen molar-refractivity contribution >= 4 is 17.2 Å². The SMILES string of the molecule is COc1cccc(-c2c(O)[n+](Cc3ccc(Cl)nc3)c3ccccn3c2=O)c1. The molecule has 4 rings (SSSR count). The maximum Gasteiger partial charge on any atom is 0.354 e. The number of hydrogen-bond donors (Lipinski definition) is 1. The molecule has 0 unspecified atom stereocenters. The van der Waals surface area contributed by atoms with Gasteiger partial charge in [0.05, 0.1) is 13.3 Å². The van der Waals surface area contributed by atoms with Gasteiger partial charge >= 0.3 is 5.56 Å². The molecule has 0 bridgehead atoms. The zero-order valence-electron chi connectivity index (χ0n) is 15.0. The number of ether oxygens (including phenoxy) is 1. The molecule has 0 fully saturated rings. The Morgan fingerprint density at radius 1 is 1.18 bits per heavy atom. The monoisotopic (exact) mass is 394 g/mol. The molecule has 1 N–H and O–H groups in total. The third-order valence-corrected chi connectivity index (χ3v) is 4.74. The van der Waals surface area contributed by atoms with Crippen LogP contribution in [0.1, 0.15) is 5.56 Å². The van der Waals surface area contributed by atoms with Gasteiger partial charge in [0.2, 0.25) is 0 Å². The van der Waals surface area contributed by atoms with Gasteiger partial charge in [-0.15, -0.1) is 0 Å². The van der Waals surface area contributed by atoms with Gasteiger partial charge in [-0.3, -0.25) is 0 Å². The second kappa shape index (κ2) is 7.32. The lowest BCUT2D eigenvalue weighted by atomic mass is 10.1. The predicted molar refractivity (Wildman–Crippen MR) is 106 cm³/mol. The van der Waals surface area contributed by atoms with Crippen molar-refractivity contribution in [3.05, 3.63) is 88.1 Å². The average Bonchev–Trinajstić information content (AvgIpc) is 2.73. The highest BCUT2D eigenvalue weighted by atomic mass is 35.5. The number of methoxy groups -OCH3 is 1. The average molecular weight is 395 g/mol. The smallest absolute Gasteiger partial charge is 0.354 e. The van der Waals surface area contributed by atoms with Gasteiger partial charge in [-0.25, -0.2) is 9.78 Å². The van der Waals surface area contributed by atoms with Gasteiger partial charge in [-0.05, 0) is 24.3 Å². The van der Waals surface area contributed by atoms with Crippen LogP contribution in [0.3, 0.4) is 0 Å². The van der Waals surface area contributed by atoms with Gasteiger partial charge in [0, 0.05) is 23.4 Å². The Labute approximate surface area is 165 Å². The minimum atomic E-state index is -0.313. The number of fused-ring (bicyclic) bond motifs is 1. The quantitative estimate of drug-likeness (QED) is 0.426. The highest BCUT2D eigenvalue weighted by Gasteiger charge is 2.25. The molecule has 4 aromatic rings. The second-order valence-electron chi connectivity index (χ2n) is 6.24. The largest absolute Gasteiger partial charge is 0.497 e. The molecule has 3 heterocycles. The van der Waals surface area contributed by atoms with Crippen LogP contribution in [0.4, 0.5) is 0 Å². The molecule has 0 aliphatic rings. The van der Waals surface area contributed by atoms with E-state index < -0.39 is 0 Å². The molecule has 3 aromatic heterocycles. The number of rotatable bonds is 4.